The third-order valence-corrected chi connectivity index (χ3v) is 3.91. The maximum absolute atomic E-state index is 13.0. The molecule has 0 radical (unpaired) electrons. The number of imidazole rings is 1. The zero-order valence-electron chi connectivity index (χ0n) is 13.4. The van der Waals surface area contributed by atoms with Gasteiger partial charge in [-0.15, -0.1) is 0 Å². The summed E-state index contributed by atoms with van der Waals surface area (Å²) in [6, 6.07) is 15.3. The lowest BCUT2D eigenvalue weighted by atomic mass is 10.2. The minimum absolute atomic E-state index is 0.204. The quantitative estimate of drug-likeness (QED) is 0.577. The molecule has 0 spiro atoms. The largest absolute Gasteiger partial charge is 0.302 e. The van der Waals surface area contributed by atoms with E-state index < -0.39 is 0 Å². The molecule has 0 fully saturated rings. The number of para-hydroxylation sites is 1. The standard InChI is InChI=1S/C19H15N5O/c25-19(17-13-20-9-10-21-17)24(15-6-2-1-3-7-15)14-16-12-22-18-8-4-5-11-23(16)18/h1-13H,14H2. The molecule has 0 N–H and O–H groups in total. The summed E-state index contributed by atoms with van der Waals surface area (Å²) < 4.78 is 1.97. The summed E-state index contributed by atoms with van der Waals surface area (Å²) in [5.74, 6) is -0.204. The van der Waals surface area contributed by atoms with E-state index in [2.05, 4.69) is 15.0 Å². The SMILES string of the molecule is O=C(c1cnccn1)N(Cc1cnc2ccccn12)c1ccccc1. The van der Waals surface area contributed by atoms with Crippen molar-refractivity contribution in [3.05, 3.63) is 90.9 Å². The van der Waals surface area contributed by atoms with Gasteiger partial charge >= 0.3 is 0 Å². The minimum Gasteiger partial charge on any atom is -0.302 e. The van der Waals surface area contributed by atoms with Crippen LogP contribution in [0.15, 0.2) is 79.5 Å². The molecule has 0 aliphatic heterocycles. The van der Waals surface area contributed by atoms with Crippen LogP contribution in [-0.2, 0) is 6.54 Å². The van der Waals surface area contributed by atoms with Gasteiger partial charge in [-0.05, 0) is 24.3 Å². The monoisotopic (exact) mass is 329 g/mol. The van der Waals surface area contributed by atoms with Crippen LogP contribution in [0.3, 0.4) is 0 Å². The highest BCUT2D eigenvalue weighted by Crippen LogP contribution is 2.19. The molecule has 6 nitrogen and oxygen atoms in total. The Labute approximate surface area is 144 Å². The summed E-state index contributed by atoms with van der Waals surface area (Å²) in [5.41, 5.74) is 2.86. The lowest BCUT2D eigenvalue weighted by Gasteiger charge is -2.22. The van der Waals surface area contributed by atoms with Gasteiger partial charge in [0.15, 0.2) is 0 Å². The molecule has 0 saturated carbocycles. The second-order valence-corrected chi connectivity index (χ2v) is 5.50. The highest BCUT2D eigenvalue weighted by Gasteiger charge is 2.20. The second-order valence-electron chi connectivity index (χ2n) is 5.50. The molecule has 122 valence electrons. The molecule has 0 bridgehead atoms. The number of anilines is 1. The summed E-state index contributed by atoms with van der Waals surface area (Å²) >= 11 is 0. The summed E-state index contributed by atoms with van der Waals surface area (Å²) in [6.07, 6.45) is 8.27. The predicted octanol–water partition coefficient (Wildman–Crippen LogP) is 2.97. The maximum Gasteiger partial charge on any atom is 0.278 e. The minimum atomic E-state index is -0.204. The number of amides is 1. The molecule has 4 aromatic rings. The zero-order valence-corrected chi connectivity index (χ0v) is 13.4. The first-order valence-corrected chi connectivity index (χ1v) is 7.87. The summed E-state index contributed by atoms with van der Waals surface area (Å²) in [4.78, 5) is 27.2. The Morgan fingerprint density at radius 1 is 0.960 bits per heavy atom. The second kappa shape index (κ2) is 6.52. The number of nitrogens with zero attached hydrogens (tertiary/aromatic N) is 5. The highest BCUT2D eigenvalue weighted by molar-refractivity contribution is 6.04. The molecule has 0 atom stereocenters. The number of carbonyl (C=O) groups is 1. The van der Waals surface area contributed by atoms with Crippen LogP contribution in [0.5, 0.6) is 0 Å². The van der Waals surface area contributed by atoms with Crippen molar-refractivity contribution in [2.24, 2.45) is 0 Å². The van der Waals surface area contributed by atoms with Crippen LogP contribution < -0.4 is 4.90 Å². The van der Waals surface area contributed by atoms with Crippen molar-refractivity contribution >= 4 is 17.2 Å². The normalized spacial score (nSPS) is 10.7. The molecule has 0 saturated heterocycles. The van der Waals surface area contributed by atoms with Crippen LogP contribution in [0.2, 0.25) is 0 Å². The smallest absolute Gasteiger partial charge is 0.278 e. The fraction of sp³-hybridized carbons (Fsp3) is 0.0526. The average molecular weight is 329 g/mol. The van der Waals surface area contributed by atoms with E-state index in [1.165, 1.54) is 12.4 Å². The number of pyridine rings is 1. The van der Waals surface area contributed by atoms with Crippen molar-refractivity contribution in [2.75, 3.05) is 4.90 Å². The molecule has 0 aliphatic carbocycles. The molecule has 4 rings (SSSR count). The highest BCUT2D eigenvalue weighted by atomic mass is 16.2. The number of benzene rings is 1. The van der Waals surface area contributed by atoms with Crippen molar-refractivity contribution in [2.45, 2.75) is 6.54 Å². The summed E-state index contributed by atoms with van der Waals surface area (Å²) in [7, 11) is 0. The first-order chi connectivity index (χ1) is 12.3. The maximum atomic E-state index is 13.0. The van der Waals surface area contributed by atoms with Crippen LogP contribution in [0, 0.1) is 0 Å². The van der Waals surface area contributed by atoms with Gasteiger partial charge in [-0.1, -0.05) is 24.3 Å². The van der Waals surface area contributed by atoms with E-state index in [0.29, 0.717) is 12.2 Å². The third kappa shape index (κ3) is 2.97. The van der Waals surface area contributed by atoms with Gasteiger partial charge in [0.25, 0.3) is 5.91 Å². The van der Waals surface area contributed by atoms with Crippen LogP contribution >= 0.6 is 0 Å². The van der Waals surface area contributed by atoms with Crippen LogP contribution in [-0.4, -0.2) is 25.3 Å². The zero-order chi connectivity index (χ0) is 17.1. The summed E-state index contributed by atoms with van der Waals surface area (Å²) in [6.45, 7) is 0.380. The number of hydrogen-bond acceptors (Lipinski definition) is 4. The molecule has 6 heteroatoms. The third-order valence-electron chi connectivity index (χ3n) is 3.91. The van der Waals surface area contributed by atoms with Crippen molar-refractivity contribution in [1.29, 1.82) is 0 Å². The van der Waals surface area contributed by atoms with Crippen LogP contribution in [0.4, 0.5) is 5.69 Å². The molecular formula is C19H15N5O. The Balaban J connectivity index is 1.74. The first kappa shape index (κ1) is 15.0. The number of rotatable bonds is 4. The lowest BCUT2D eigenvalue weighted by Crippen LogP contribution is -2.31. The van der Waals surface area contributed by atoms with E-state index in [0.717, 1.165) is 17.0 Å². The number of hydrogen-bond donors (Lipinski definition) is 0. The Kier molecular flexibility index (Phi) is 3.92. The van der Waals surface area contributed by atoms with Gasteiger partial charge in [0.1, 0.15) is 11.3 Å². The number of fused-ring (bicyclic) bond motifs is 1. The molecule has 3 aromatic heterocycles. The molecule has 1 amide bonds. The van der Waals surface area contributed by atoms with E-state index in [9.17, 15) is 4.79 Å². The average Bonchev–Trinajstić information content (AvgIpc) is 3.10. The predicted molar refractivity (Wildman–Crippen MR) is 94.2 cm³/mol. The van der Waals surface area contributed by atoms with Crippen molar-refractivity contribution in [1.82, 2.24) is 19.4 Å². The fourth-order valence-corrected chi connectivity index (χ4v) is 2.70. The number of carbonyl (C=O) groups excluding carboxylic acids is 1. The van der Waals surface area contributed by atoms with Crippen molar-refractivity contribution in [3.63, 3.8) is 0 Å². The molecule has 0 aliphatic rings. The Bertz CT molecular complexity index is 998. The van der Waals surface area contributed by atoms with E-state index in [4.69, 9.17) is 0 Å². The molecule has 0 unspecified atom stereocenters. The van der Waals surface area contributed by atoms with E-state index in [-0.39, 0.29) is 5.91 Å². The van der Waals surface area contributed by atoms with Gasteiger partial charge in [-0.2, -0.15) is 0 Å². The van der Waals surface area contributed by atoms with Gasteiger partial charge in [-0.3, -0.25) is 9.78 Å². The first-order valence-electron chi connectivity index (χ1n) is 7.87. The molecule has 25 heavy (non-hydrogen) atoms. The topological polar surface area (TPSA) is 63.4 Å². The summed E-state index contributed by atoms with van der Waals surface area (Å²) in [5, 5.41) is 0. The Hall–Kier alpha value is -3.54. The van der Waals surface area contributed by atoms with Crippen LogP contribution in [0.25, 0.3) is 5.65 Å². The van der Waals surface area contributed by atoms with Crippen LogP contribution in [0.1, 0.15) is 16.2 Å². The molecular weight excluding hydrogens is 314 g/mol. The Morgan fingerprint density at radius 2 is 1.80 bits per heavy atom. The van der Waals surface area contributed by atoms with Gasteiger partial charge < -0.3 is 9.30 Å². The van der Waals surface area contributed by atoms with Gasteiger partial charge in [0, 0.05) is 24.3 Å². The van der Waals surface area contributed by atoms with Gasteiger partial charge in [-0.25, -0.2) is 9.97 Å². The molecule has 3 heterocycles. The lowest BCUT2D eigenvalue weighted by molar-refractivity contribution is 0.0979. The van der Waals surface area contributed by atoms with E-state index in [1.54, 1.807) is 17.3 Å². The van der Waals surface area contributed by atoms with E-state index >= 15 is 0 Å². The van der Waals surface area contributed by atoms with Crippen molar-refractivity contribution in [3.8, 4) is 0 Å². The Morgan fingerprint density at radius 3 is 2.60 bits per heavy atom. The van der Waals surface area contributed by atoms with Gasteiger partial charge in [0.05, 0.1) is 24.6 Å². The van der Waals surface area contributed by atoms with E-state index in [1.807, 2.05) is 59.1 Å². The van der Waals surface area contributed by atoms with Crippen molar-refractivity contribution < 1.29 is 4.79 Å². The molecule has 1 aromatic carbocycles. The fourth-order valence-electron chi connectivity index (χ4n) is 2.70. The number of aromatic nitrogens is 4. The van der Waals surface area contributed by atoms with Gasteiger partial charge in [0.2, 0.25) is 0 Å².